The summed E-state index contributed by atoms with van der Waals surface area (Å²) >= 11 is 0. The van der Waals surface area contributed by atoms with Gasteiger partial charge in [0.05, 0.1) is 32.4 Å². The highest BCUT2D eigenvalue weighted by Gasteiger charge is 2.47. The third-order valence-electron chi connectivity index (χ3n) is 18.3. The number of fused-ring (bicyclic) bond motifs is 11. The number of nitrogens with two attached hydrogens (primary N) is 4. The van der Waals surface area contributed by atoms with E-state index in [-0.39, 0.29) is 69.0 Å². The molecule has 5 fully saturated rings. The average molecular weight is 1740 g/mol. The van der Waals surface area contributed by atoms with Crippen LogP contribution in [0.2, 0.25) is 0 Å². The molecule has 1 aromatic carbocycles. The van der Waals surface area contributed by atoms with Gasteiger partial charge in [0.1, 0.15) is 96.4 Å². The number of phenolic OH excluding ortho intramolecular Hbond substituents is 1. The molecular formula is C67H96F3N19O24S4. The van der Waals surface area contributed by atoms with E-state index in [1.807, 2.05) is 0 Å². The van der Waals surface area contributed by atoms with Gasteiger partial charge in [-0.1, -0.05) is 69.2 Å². The molecule has 648 valence electrons. The molecule has 18 amide bonds. The normalized spacial score (nSPS) is 27.7. The predicted molar refractivity (Wildman–Crippen MR) is 409 cm³/mol. The van der Waals surface area contributed by atoms with Crippen molar-refractivity contribution in [3.63, 3.8) is 0 Å². The molecule has 4 unspecified atom stereocenters. The summed E-state index contributed by atoms with van der Waals surface area (Å²) in [6.45, 7) is 3.84. The summed E-state index contributed by atoms with van der Waals surface area (Å²) in [4.78, 5) is 278. The predicted octanol–water partition coefficient (Wildman–Crippen LogP) is -8.10. The second-order valence-corrected chi connectivity index (χ2v) is 33.0. The zero-order valence-corrected chi connectivity index (χ0v) is 66.8. The molecular weight excluding hydrogens is 1640 g/mol. The first kappa shape index (κ1) is 97.1. The highest BCUT2D eigenvalue weighted by Crippen LogP contribution is 2.30. The smallest absolute Gasteiger partial charge is 0.490 e. The van der Waals surface area contributed by atoms with E-state index in [0.29, 0.717) is 12.8 Å². The number of benzene rings is 1. The summed E-state index contributed by atoms with van der Waals surface area (Å²) < 4.78 is 31.7. The number of rotatable bonds is 14. The average Bonchev–Trinajstić information content (AvgIpc) is 1.67. The maximum atomic E-state index is 14.7. The van der Waals surface area contributed by atoms with Crippen LogP contribution in [0.15, 0.2) is 24.3 Å². The van der Waals surface area contributed by atoms with Crippen LogP contribution in [-0.4, -0.2) is 306 Å². The first-order chi connectivity index (χ1) is 54.9. The molecule has 0 aliphatic carbocycles. The fourth-order valence-corrected chi connectivity index (χ4v) is 17.0. The maximum Gasteiger partial charge on any atom is 0.490 e. The molecule has 5 heterocycles. The topological polar surface area (TPSA) is 680 Å². The molecule has 15 atom stereocenters. The van der Waals surface area contributed by atoms with E-state index in [9.17, 15) is 120 Å². The molecule has 0 aromatic heterocycles. The first-order valence-corrected chi connectivity index (χ1v) is 41.4. The third kappa shape index (κ3) is 30.2. The molecule has 1 aromatic rings. The molecule has 50 heteroatoms. The number of alkyl halides is 3. The quantitative estimate of drug-likeness (QED) is 0.0769. The maximum absolute atomic E-state index is 14.7. The van der Waals surface area contributed by atoms with Crippen molar-refractivity contribution in [3.05, 3.63) is 29.8 Å². The van der Waals surface area contributed by atoms with Crippen LogP contribution in [0, 0.1) is 5.92 Å². The van der Waals surface area contributed by atoms with Gasteiger partial charge in [-0.25, -0.2) is 4.79 Å². The van der Waals surface area contributed by atoms with Crippen LogP contribution in [0.25, 0.3) is 0 Å². The van der Waals surface area contributed by atoms with Gasteiger partial charge in [0.15, 0.2) is 0 Å². The van der Waals surface area contributed by atoms with Crippen LogP contribution >= 0.6 is 43.2 Å². The zero-order valence-electron chi connectivity index (χ0n) is 63.6. The fourth-order valence-electron chi connectivity index (χ4n) is 12.4. The number of amides is 18. The number of carboxylic acids is 2. The highest BCUT2D eigenvalue weighted by molar-refractivity contribution is 8.77. The van der Waals surface area contributed by atoms with E-state index in [4.69, 9.17) is 32.8 Å². The summed E-state index contributed by atoms with van der Waals surface area (Å²) in [5.74, 6) is -26.0. The number of hydrogen-bond acceptors (Lipinski definition) is 27. The number of aliphatic hydroxyl groups excluding tert-OH is 1. The summed E-state index contributed by atoms with van der Waals surface area (Å²) in [6, 6.07) is -19.5. The minimum atomic E-state index is -5.08. The number of aliphatic carboxylic acids is 2. The molecule has 5 aliphatic heterocycles. The van der Waals surface area contributed by atoms with E-state index < -0.39 is 277 Å². The van der Waals surface area contributed by atoms with Gasteiger partial charge in [-0.05, 0) is 82.4 Å². The van der Waals surface area contributed by atoms with Gasteiger partial charge in [-0.2, -0.15) is 13.2 Å². The van der Waals surface area contributed by atoms with Gasteiger partial charge in [0.25, 0.3) is 0 Å². The fraction of sp³-hybridized carbons (Fsp3) is 0.612. The van der Waals surface area contributed by atoms with Gasteiger partial charge in [0.2, 0.25) is 106 Å². The Bertz CT molecular complexity index is 3880. The molecule has 43 nitrogen and oxygen atoms in total. The van der Waals surface area contributed by atoms with E-state index in [1.54, 1.807) is 13.8 Å². The van der Waals surface area contributed by atoms with E-state index in [1.165, 1.54) is 41.0 Å². The van der Waals surface area contributed by atoms with Crippen molar-refractivity contribution >= 4 is 161 Å². The summed E-state index contributed by atoms with van der Waals surface area (Å²) in [6.07, 6.45) is -7.95. The van der Waals surface area contributed by atoms with Crippen molar-refractivity contribution in [2.75, 3.05) is 55.8 Å². The Labute approximate surface area is 681 Å². The van der Waals surface area contributed by atoms with Crippen LogP contribution in [-0.2, 0) is 102 Å². The van der Waals surface area contributed by atoms with E-state index >= 15 is 0 Å². The number of carbonyl (C=O) groups is 20. The van der Waals surface area contributed by atoms with Crippen molar-refractivity contribution in [1.82, 2.24) is 78.5 Å². The van der Waals surface area contributed by atoms with Crippen molar-refractivity contribution in [3.8, 4) is 5.75 Å². The van der Waals surface area contributed by atoms with Gasteiger partial charge in [0, 0.05) is 49.1 Å². The van der Waals surface area contributed by atoms with Crippen molar-refractivity contribution < 1.29 is 129 Å². The standard InChI is InChI=1S/C65H95N19O22S4.C2HF3O2/c1-29(2)18-37-63(104)84-17-7-10-46(84)65(106)83-16-6-9-45(83)62(103)81-42-27-110-108-26-41(72-49(89)23-66)59(100)80-43(60(101)78-39(24-85)57(98)76-37)28-109-107-25-40(51(69)92)79-54(95)34(19-32-11-13-33(86)14-12-32)74-56(97)36(22-50(90)91)75-61(102)44-8-5-15-82(44)64(105)38(21-48(68)88)77-55(96)35(20-47(67)87)73-53(94)31(4)70-52(93)30(3)71-58(42)99;3-2(4,5)1(6)7/h11-14,29-31,34-46,85-86H,5-10,15-28,66H2,1-4H3,(H2,67,87)(H2,68,88)(H2,69,92)(H,70,93)(H,71,99)(H,72,89)(H,73,94)(H,74,97)(H,75,102)(H,76,98)(H,77,96)(H,78,101)(H,79,95)(H,80,100)(H,81,103)(H,90,91);(H,6,7)/t30-,31-,34?,35?,36-,37?,38-,39-,40?,41-,42-,43-,44-,45-,46-;/m0./s1. The number of nitrogens with one attached hydrogen (secondary N) is 12. The monoisotopic (exact) mass is 1740 g/mol. The number of aliphatic hydroxyl groups is 1. The summed E-state index contributed by atoms with van der Waals surface area (Å²) in [7, 11) is 3.23. The number of carbonyl (C=O) groups excluding carboxylic acids is 18. The summed E-state index contributed by atoms with van der Waals surface area (Å²) in [5, 5.41) is 66.9. The minimum absolute atomic E-state index is 0.0289. The number of carboxylic acid groups (broad SMARTS) is 2. The number of aromatic hydroxyl groups is 1. The van der Waals surface area contributed by atoms with E-state index in [0.717, 1.165) is 55.0 Å². The van der Waals surface area contributed by atoms with Gasteiger partial charge in [-0.3, -0.25) is 91.1 Å². The lowest BCUT2D eigenvalue weighted by Gasteiger charge is -2.34. The van der Waals surface area contributed by atoms with Crippen molar-refractivity contribution in [2.45, 2.75) is 195 Å². The molecule has 0 radical (unpaired) electrons. The number of phenols is 1. The number of primary amides is 3. The highest BCUT2D eigenvalue weighted by atomic mass is 33.1. The van der Waals surface area contributed by atoms with Crippen molar-refractivity contribution in [2.24, 2.45) is 28.9 Å². The number of nitrogens with zero attached hydrogens (tertiary/aromatic N) is 3. The van der Waals surface area contributed by atoms with Gasteiger partial charge < -0.3 is 122 Å². The molecule has 117 heavy (non-hydrogen) atoms. The molecule has 6 rings (SSSR count). The Balaban J connectivity index is 0.00000332. The second kappa shape index (κ2) is 45.9. The Morgan fingerprint density at radius 3 is 1.41 bits per heavy atom. The van der Waals surface area contributed by atoms with E-state index in [2.05, 4.69) is 63.8 Å². The van der Waals surface area contributed by atoms with Crippen LogP contribution in [0.5, 0.6) is 5.75 Å². The largest absolute Gasteiger partial charge is 0.508 e. The molecule has 5 aliphatic rings. The molecule has 5 saturated heterocycles. The SMILES string of the molecule is CC(C)CC1NC(=O)[C@H](CO)NC(=O)[C@@H]2CSSCC(C(N)=O)NC(=O)C(Cc3ccc(O)cc3)NC(=O)[C@H](CC(=O)O)NC(=O)[C@@H]3CCCN3C(=O)[C@H](CC(N)=O)NC(=O)C(CC(N)=O)NC(=O)[C@H](C)NC(=O)[C@H](C)NC(=O)[C@H](CSSC[C@H](NC(=O)CN)C(=O)N2)NC(=O)[C@@H]2CCCN2C(=O)[C@@H]2CCCN2C1=O.O=C(O)C(F)(F)F. The Morgan fingerprint density at radius 2 is 0.897 bits per heavy atom. The molecule has 2 bridgehead atoms. The lowest BCUT2D eigenvalue weighted by molar-refractivity contribution is -0.192. The number of hydrogen-bond donors (Lipinski definition) is 20. The number of halogens is 3. The van der Waals surface area contributed by atoms with Crippen LogP contribution in [0.1, 0.15) is 97.5 Å². The lowest BCUT2D eigenvalue weighted by Crippen LogP contribution is -2.61. The van der Waals surface area contributed by atoms with Crippen LogP contribution in [0.3, 0.4) is 0 Å². The zero-order chi connectivity index (χ0) is 87.5. The molecule has 0 saturated carbocycles. The van der Waals surface area contributed by atoms with Gasteiger partial charge >= 0.3 is 18.1 Å². The first-order valence-electron chi connectivity index (χ1n) is 36.5. The third-order valence-corrected chi connectivity index (χ3v) is 23.2. The molecule has 24 N–H and O–H groups in total. The minimum Gasteiger partial charge on any atom is -0.508 e. The molecule has 0 spiro atoms. The van der Waals surface area contributed by atoms with Crippen molar-refractivity contribution in [1.29, 1.82) is 0 Å². The van der Waals surface area contributed by atoms with Crippen LogP contribution < -0.4 is 86.7 Å². The Hall–Kier alpha value is -10.5. The lowest BCUT2D eigenvalue weighted by atomic mass is 10.0. The second-order valence-electron chi connectivity index (χ2n) is 27.9. The summed E-state index contributed by atoms with van der Waals surface area (Å²) in [5.41, 5.74) is 22.8. The van der Waals surface area contributed by atoms with Gasteiger partial charge in [-0.15, -0.1) is 0 Å². The van der Waals surface area contributed by atoms with Crippen LogP contribution in [0.4, 0.5) is 13.2 Å². The Morgan fingerprint density at radius 1 is 0.496 bits per heavy atom. The Kier molecular flexibility index (Phi) is 38.1.